The minimum absolute atomic E-state index is 0.0331. The maximum atomic E-state index is 9.88. The standard InChI is InChI=1S/C14H17NO3/c1-2-10-5-3-6-11(9-10)18-13-8-4-7-12(15)14(13,16)17/h3-9,12,16-17H,2,15H2,1H3. The van der Waals surface area contributed by atoms with Crippen molar-refractivity contribution < 1.29 is 14.9 Å². The van der Waals surface area contributed by atoms with Gasteiger partial charge in [-0.3, -0.25) is 0 Å². The fourth-order valence-electron chi connectivity index (χ4n) is 1.75. The lowest BCUT2D eigenvalue weighted by atomic mass is 10.0. The van der Waals surface area contributed by atoms with Crippen LogP contribution in [0.1, 0.15) is 12.5 Å². The Bertz CT molecular complexity index is 492. The van der Waals surface area contributed by atoms with Gasteiger partial charge < -0.3 is 20.7 Å². The normalized spacial score (nSPS) is 21.6. The Morgan fingerprint density at radius 1 is 1.39 bits per heavy atom. The summed E-state index contributed by atoms with van der Waals surface area (Å²) in [5.41, 5.74) is 6.72. The van der Waals surface area contributed by atoms with Crippen LogP contribution in [0.4, 0.5) is 0 Å². The number of rotatable bonds is 3. The van der Waals surface area contributed by atoms with Gasteiger partial charge in [-0.25, -0.2) is 0 Å². The van der Waals surface area contributed by atoms with Gasteiger partial charge in [0.25, 0.3) is 0 Å². The number of aryl methyl sites for hydroxylation is 1. The summed E-state index contributed by atoms with van der Waals surface area (Å²) in [6.07, 6.45) is 5.55. The van der Waals surface area contributed by atoms with Crippen LogP contribution in [0.3, 0.4) is 0 Å². The monoisotopic (exact) mass is 247 g/mol. The van der Waals surface area contributed by atoms with Gasteiger partial charge in [0, 0.05) is 0 Å². The lowest BCUT2D eigenvalue weighted by Crippen LogP contribution is -2.50. The number of hydrogen-bond acceptors (Lipinski definition) is 4. The summed E-state index contributed by atoms with van der Waals surface area (Å²) in [6, 6.07) is 6.58. The van der Waals surface area contributed by atoms with Gasteiger partial charge in [-0.1, -0.05) is 31.2 Å². The van der Waals surface area contributed by atoms with E-state index in [2.05, 4.69) is 0 Å². The minimum Gasteiger partial charge on any atom is -0.456 e. The third kappa shape index (κ3) is 2.46. The van der Waals surface area contributed by atoms with Gasteiger partial charge in [0.1, 0.15) is 5.75 Å². The van der Waals surface area contributed by atoms with Crippen molar-refractivity contribution in [2.75, 3.05) is 0 Å². The molecule has 0 saturated heterocycles. The predicted octanol–water partition coefficient (Wildman–Crippen LogP) is 1.09. The lowest BCUT2D eigenvalue weighted by Gasteiger charge is -2.30. The van der Waals surface area contributed by atoms with Crippen LogP contribution in [-0.2, 0) is 6.42 Å². The van der Waals surface area contributed by atoms with Gasteiger partial charge >= 0.3 is 0 Å². The van der Waals surface area contributed by atoms with Crippen LogP contribution in [0.25, 0.3) is 0 Å². The molecule has 0 fully saturated rings. The second-order valence-electron chi connectivity index (χ2n) is 4.27. The van der Waals surface area contributed by atoms with Crippen LogP contribution in [0, 0.1) is 0 Å². The molecular weight excluding hydrogens is 230 g/mol. The highest BCUT2D eigenvalue weighted by Crippen LogP contribution is 2.26. The van der Waals surface area contributed by atoms with Crippen LogP contribution in [-0.4, -0.2) is 22.0 Å². The zero-order valence-electron chi connectivity index (χ0n) is 10.2. The van der Waals surface area contributed by atoms with Crippen molar-refractivity contribution in [3.05, 3.63) is 53.8 Å². The molecule has 1 atom stereocenters. The van der Waals surface area contributed by atoms with E-state index in [4.69, 9.17) is 10.5 Å². The molecule has 2 rings (SSSR count). The zero-order valence-corrected chi connectivity index (χ0v) is 10.2. The summed E-state index contributed by atoms with van der Waals surface area (Å²) in [5.74, 6) is -1.57. The summed E-state index contributed by atoms with van der Waals surface area (Å²) in [5, 5.41) is 19.8. The van der Waals surface area contributed by atoms with E-state index in [1.165, 1.54) is 12.2 Å². The van der Waals surface area contributed by atoms with Crippen molar-refractivity contribution in [2.45, 2.75) is 25.2 Å². The van der Waals surface area contributed by atoms with Gasteiger partial charge in [0.05, 0.1) is 6.04 Å². The lowest BCUT2D eigenvalue weighted by molar-refractivity contribution is -0.156. The summed E-state index contributed by atoms with van der Waals surface area (Å²) in [7, 11) is 0. The first kappa shape index (κ1) is 12.8. The zero-order chi connectivity index (χ0) is 13.2. The van der Waals surface area contributed by atoms with Crippen LogP contribution >= 0.6 is 0 Å². The van der Waals surface area contributed by atoms with E-state index in [0.717, 1.165) is 12.0 Å². The van der Waals surface area contributed by atoms with E-state index in [9.17, 15) is 10.2 Å². The second-order valence-corrected chi connectivity index (χ2v) is 4.27. The molecule has 1 aromatic carbocycles. The van der Waals surface area contributed by atoms with E-state index in [1.807, 2.05) is 25.1 Å². The minimum atomic E-state index is -2.17. The topological polar surface area (TPSA) is 75.7 Å². The number of nitrogens with two attached hydrogens (primary N) is 1. The molecule has 1 aliphatic rings. The molecular formula is C14H17NO3. The van der Waals surface area contributed by atoms with Crippen molar-refractivity contribution >= 4 is 0 Å². The summed E-state index contributed by atoms with van der Waals surface area (Å²) >= 11 is 0. The largest absolute Gasteiger partial charge is 0.456 e. The van der Waals surface area contributed by atoms with Crippen molar-refractivity contribution in [2.24, 2.45) is 5.73 Å². The molecule has 1 aromatic rings. The molecule has 4 N–H and O–H groups in total. The predicted molar refractivity (Wildman–Crippen MR) is 68.8 cm³/mol. The molecule has 18 heavy (non-hydrogen) atoms. The molecule has 1 aliphatic carbocycles. The number of aliphatic hydroxyl groups is 2. The molecule has 0 bridgehead atoms. The van der Waals surface area contributed by atoms with Crippen molar-refractivity contribution in [1.29, 1.82) is 0 Å². The number of ether oxygens (including phenoxy) is 1. The third-order valence-corrected chi connectivity index (χ3v) is 2.93. The Balaban J connectivity index is 2.23. The number of hydrogen-bond donors (Lipinski definition) is 3. The first-order chi connectivity index (χ1) is 8.54. The Hall–Kier alpha value is -1.62. The molecule has 0 amide bonds. The molecule has 4 heteroatoms. The molecule has 0 spiro atoms. The first-order valence-electron chi connectivity index (χ1n) is 5.90. The van der Waals surface area contributed by atoms with E-state index in [-0.39, 0.29) is 5.76 Å². The van der Waals surface area contributed by atoms with Gasteiger partial charge in [0.2, 0.25) is 5.79 Å². The Kier molecular flexibility index (Phi) is 3.52. The molecule has 0 radical (unpaired) electrons. The van der Waals surface area contributed by atoms with Gasteiger partial charge in [-0.2, -0.15) is 0 Å². The van der Waals surface area contributed by atoms with Crippen molar-refractivity contribution in [3.8, 4) is 5.75 Å². The summed E-state index contributed by atoms with van der Waals surface area (Å²) in [6.45, 7) is 2.04. The highest BCUT2D eigenvalue weighted by Gasteiger charge is 2.38. The maximum Gasteiger partial charge on any atom is 0.242 e. The number of benzene rings is 1. The fraction of sp³-hybridized carbons (Fsp3) is 0.286. The highest BCUT2D eigenvalue weighted by molar-refractivity contribution is 5.33. The maximum absolute atomic E-state index is 9.88. The highest BCUT2D eigenvalue weighted by atomic mass is 16.6. The Morgan fingerprint density at radius 3 is 2.89 bits per heavy atom. The molecule has 96 valence electrons. The number of allylic oxidation sites excluding steroid dienone is 2. The van der Waals surface area contributed by atoms with E-state index in [0.29, 0.717) is 5.75 Å². The van der Waals surface area contributed by atoms with E-state index >= 15 is 0 Å². The molecule has 0 aliphatic heterocycles. The smallest absolute Gasteiger partial charge is 0.242 e. The van der Waals surface area contributed by atoms with E-state index < -0.39 is 11.8 Å². The Morgan fingerprint density at radius 2 is 2.17 bits per heavy atom. The average molecular weight is 247 g/mol. The van der Waals surface area contributed by atoms with Gasteiger partial charge in [-0.05, 0) is 30.2 Å². The van der Waals surface area contributed by atoms with Gasteiger partial charge in [0.15, 0.2) is 5.76 Å². The molecule has 0 saturated carbocycles. The van der Waals surface area contributed by atoms with Crippen LogP contribution in [0.5, 0.6) is 5.75 Å². The summed E-state index contributed by atoms with van der Waals surface area (Å²) in [4.78, 5) is 0. The summed E-state index contributed by atoms with van der Waals surface area (Å²) < 4.78 is 5.51. The molecule has 0 heterocycles. The van der Waals surface area contributed by atoms with Gasteiger partial charge in [-0.15, -0.1) is 0 Å². The van der Waals surface area contributed by atoms with Crippen LogP contribution in [0.2, 0.25) is 0 Å². The molecule has 1 unspecified atom stereocenters. The fourth-order valence-corrected chi connectivity index (χ4v) is 1.75. The van der Waals surface area contributed by atoms with Crippen molar-refractivity contribution in [3.63, 3.8) is 0 Å². The van der Waals surface area contributed by atoms with Crippen LogP contribution in [0.15, 0.2) is 48.3 Å². The van der Waals surface area contributed by atoms with Crippen molar-refractivity contribution in [1.82, 2.24) is 0 Å². The first-order valence-corrected chi connectivity index (χ1v) is 5.90. The SMILES string of the molecule is CCc1cccc(OC2=CC=CC(N)C2(O)O)c1. The third-order valence-electron chi connectivity index (χ3n) is 2.93. The Labute approximate surface area is 106 Å². The van der Waals surface area contributed by atoms with Crippen LogP contribution < -0.4 is 10.5 Å². The quantitative estimate of drug-likeness (QED) is 0.699. The second kappa shape index (κ2) is 4.94. The molecule has 0 aromatic heterocycles. The average Bonchev–Trinajstić information content (AvgIpc) is 2.36. The van der Waals surface area contributed by atoms with E-state index in [1.54, 1.807) is 12.1 Å². The molecule has 4 nitrogen and oxygen atoms in total.